The fraction of sp³-hybridized carbons (Fsp3) is 0.158. The van der Waals surface area contributed by atoms with Gasteiger partial charge in [-0.15, -0.1) is 0 Å². The number of nitrogen functional groups attached to an aromatic ring is 1. The first-order chi connectivity index (χ1) is 15.2. The van der Waals surface area contributed by atoms with E-state index in [1.54, 1.807) is 16.7 Å². The van der Waals surface area contributed by atoms with E-state index in [4.69, 9.17) is 5.73 Å². The zero-order valence-corrected chi connectivity index (χ0v) is 17.6. The van der Waals surface area contributed by atoms with E-state index in [0.29, 0.717) is 34.8 Å². The minimum atomic E-state index is -3.49. The van der Waals surface area contributed by atoms with Crippen LogP contribution >= 0.6 is 0 Å². The summed E-state index contributed by atoms with van der Waals surface area (Å²) in [6, 6.07) is 6.16. The Balaban J connectivity index is 1.76. The molecule has 11 nitrogen and oxygen atoms in total. The first-order valence-corrected chi connectivity index (χ1v) is 11.2. The predicted molar refractivity (Wildman–Crippen MR) is 117 cm³/mol. The number of anilines is 2. The Morgan fingerprint density at radius 2 is 2.19 bits per heavy atom. The number of hydrogen-bond acceptors (Lipinski definition) is 9. The molecular weight excluding hydrogens is 437 g/mol. The summed E-state index contributed by atoms with van der Waals surface area (Å²) < 4.78 is 41.4. The topological polar surface area (TPSA) is 164 Å². The minimum Gasteiger partial charge on any atom is -0.384 e. The van der Waals surface area contributed by atoms with Crippen LogP contribution in [0.15, 0.2) is 42.5 Å². The van der Waals surface area contributed by atoms with E-state index in [9.17, 15) is 18.1 Å². The van der Waals surface area contributed by atoms with Gasteiger partial charge in [0.2, 0.25) is 10.0 Å². The van der Waals surface area contributed by atoms with Crippen LogP contribution < -0.4 is 21.1 Å². The summed E-state index contributed by atoms with van der Waals surface area (Å²) in [6.07, 6.45) is 5.45. The van der Waals surface area contributed by atoms with Crippen LogP contribution in [0.2, 0.25) is 0 Å². The molecule has 0 saturated carbocycles. The molecule has 3 heterocycles. The lowest BCUT2D eigenvalue weighted by molar-refractivity contribution is 0.595. The smallest absolute Gasteiger partial charge is 0.229 e. The molecule has 0 atom stereocenters. The van der Waals surface area contributed by atoms with Gasteiger partial charge in [-0.1, -0.05) is 0 Å². The molecule has 13 heteroatoms. The average Bonchev–Trinajstić information content (AvgIpc) is 3.08. The zero-order valence-electron chi connectivity index (χ0n) is 16.8. The van der Waals surface area contributed by atoms with Crippen molar-refractivity contribution >= 4 is 38.4 Å². The summed E-state index contributed by atoms with van der Waals surface area (Å²) in [7, 11) is -3.49. The van der Waals surface area contributed by atoms with Gasteiger partial charge < -0.3 is 16.4 Å². The summed E-state index contributed by atoms with van der Waals surface area (Å²) >= 11 is 0. The lowest BCUT2D eigenvalue weighted by Crippen LogP contribution is -2.27. The normalized spacial score (nSPS) is 13.7. The predicted octanol–water partition coefficient (Wildman–Crippen LogP) is 0.866. The molecule has 4 rings (SSSR count). The number of rotatable bonds is 6. The van der Waals surface area contributed by atoms with Gasteiger partial charge in [0, 0.05) is 18.0 Å². The van der Waals surface area contributed by atoms with Crippen molar-refractivity contribution in [1.29, 1.82) is 5.26 Å². The number of allylic oxidation sites excluding steroid dienone is 1. The number of fused-ring (bicyclic) bond motifs is 1. The highest BCUT2D eigenvalue weighted by molar-refractivity contribution is 7.88. The zero-order chi connectivity index (χ0) is 22.9. The summed E-state index contributed by atoms with van der Waals surface area (Å²) in [5.41, 5.74) is 7.83. The van der Waals surface area contributed by atoms with Gasteiger partial charge in [-0.25, -0.2) is 27.8 Å². The van der Waals surface area contributed by atoms with Crippen molar-refractivity contribution < 1.29 is 12.8 Å². The lowest BCUT2D eigenvalue weighted by atomic mass is 10.2. The molecule has 1 aliphatic heterocycles. The molecule has 0 unspecified atom stereocenters. The number of dihydropyridines is 1. The van der Waals surface area contributed by atoms with E-state index in [1.807, 2.05) is 6.07 Å². The fourth-order valence-corrected chi connectivity index (χ4v) is 3.84. The van der Waals surface area contributed by atoms with E-state index >= 15 is 0 Å². The van der Waals surface area contributed by atoms with Gasteiger partial charge in [0.05, 0.1) is 36.1 Å². The van der Waals surface area contributed by atoms with E-state index < -0.39 is 15.8 Å². The number of nitriles is 1. The molecule has 3 aromatic rings. The number of imidazole rings is 1. The second kappa shape index (κ2) is 8.16. The van der Waals surface area contributed by atoms with Crippen LogP contribution in [0.5, 0.6) is 0 Å². The summed E-state index contributed by atoms with van der Waals surface area (Å²) in [5.74, 6) is 0.324. The van der Waals surface area contributed by atoms with E-state index in [-0.39, 0.29) is 23.7 Å². The van der Waals surface area contributed by atoms with Crippen LogP contribution in [0.1, 0.15) is 11.4 Å². The number of sulfonamides is 1. The van der Waals surface area contributed by atoms with Crippen molar-refractivity contribution in [3.8, 4) is 6.07 Å². The lowest BCUT2D eigenvalue weighted by Gasteiger charge is -2.19. The minimum absolute atomic E-state index is 0.0430. The molecule has 5 N–H and O–H groups in total. The van der Waals surface area contributed by atoms with Gasteiger partial charge in [-0.3, -0.25) is 9.29 Å². The summed E-state index contributed by atoms with van der Waals surface area (Å²) in [5, 5.41) is 15.4. The quantitative estimate of drug-likeness (QED) is 0.422. The second-order valence-electron chi connectivity index (χ2n) is 6.93. The maximum absolute atomic E-state index is 14.0. The second-order valence-corrected chi connectivity index (χ2v) is 8.68. The third-order valence-corrected chi connectivity index (χ3v) is 5.15. The SMILES string of the molecule is CS(=O)(=O)NC1=CNCC(n2c(CNc3ncnc(N)c3C#N)nc3ccc(F)cc32)=C1. The van der Waals surface area contributed by atoms with E-state index in [0.717, 1.165) is 6.26 Å². The summed E-state index contributed by atoms with van der Waals surface area (Å²) in [4.78, 5) is 12.4. The van der Waals surface area contributed by atoms with Crippen LogP contribution in [0.4, 0.5) is 16.0 Å². The number of nitrogens with one attached hydrogen (secondary N) is 3. The highest BCUT2D eigenvalue weighted by atomic mass is 32.2. The Bertz CT molecular complexity index is 1420. The van der Waals surface area contributed by atoms with E-state index in [1.165, 1.54) is 24.7 Å². The molecular formula is C19H18FN9O2S. The van der Waals surface area contributed by atoms with Crippen molar-refractivity contribution in [2.45, 2.75) is 6.54 Å². The molecule has 1 aliphatic rings. The van der Waals surface area contributed by atoms with Gasteiger partial charge in [-0.2, -0.15) is 5.26 Å². The number of nitrogens with two attached hydrogens (primary N) is 1. The fourth-order valence-electron chi connectivity index (χ4n) is 3.30. The van der Waals surface area contributed by atoms with Crippen LogP contribution in [0, 0.1) is 17.1 Å². The Kier molecular flexibility index (Phi) is 5.37. The Labute approximate surface area is 182 Å². The molecule has 0 fully saturated rings. The maximum atomic E-state index is 14.0. The Hall–Kier alpha value is -4.18. The van der Waals surface area contributed by atoms with Gasteiger partial charge in [-0.05, 0) is 18.2 Å². The molecule has 164 valence electrons. The van der Waals surface area contributed by atoms with Crippen LogP contribution in [0.3, 0.4) is 0 Å². The third-order valence-electron chi connectivity index (χ3n) is 4.54. The molecule has 0 amide bonds. The van der Waals surface area contributed by atoms with Crippen molar-refractivity contribution in [1.82, 2.24) is 29.6 Å². The maximum Gasteiger partial charge on any atom is 0.229 e. The van der Waals surface area contributed by atoms with Gasteiger partial charge in [0.25, 0.3) is 0 Å². The summed E-state index contributed by atoms with van der Waals surface area (Å²) in [6.45, 7) is 0.463. The van der Waals surface area contributed by atoms with Crippen molar-refractivity contribution in [3.63, 3.8) is 0 Å². The first-order valence-electron chi connectivity index (χ1n) is 9.29. The van der Waals surface area contributed by atoms with Crippen molar-refractivity contribution in [2.24, 2.45) is 0 Å². The van der Waals surface area contributed by atoms with Gasteiger partial charge >= 0.3 is 0 Å². The number of hydrogen-bond donors (Lipinski definition) is 4. The molecule has 0 bridgehead atoms. The Morgan fingerprint density at radius 3 is 2.94 bits per heavy atom. The average molecular weight is 455 g/mol. The first kappa shape index (κ1) is 21.1. The number of aromatic nitrogens is 4. The molecule has 32 heavy (non-hydrogen) atoms. The Morgan fingerprint density at radius 1 is 1.38 bits per heavy atom. The molecule has 2 aromatic heterocycles. The number of halogens is 1. The standard InChI is InChI=1S/C19H18FN9O2S/c1-32(30,31)28-12-5-13(8-23-7-12)29-16-4-11(20)2-3-15(16)27-17(29)9-24-19-14(6-21)18(22)25-10-26-19/h2-5,7,10,23,28H,8-9H2,1H3,(H3,22,24,25,26). The largest absolute Gasteiger partial charge is 0.384 e. The number of benzene rings is 1. The van der Waals surface area contributed by atoms with Crippen LogP contribution in [0.25, 0.3) is 16.7 Å². The third kappa shape index (κ3) is 4.30. The highest BCUT2D eigenvalue weighted by Gasteiger charge is 2.19. The van der Waals surface area contributed by atoms with Crippen molar-refractivity contribution in [2.75, 3.05) is 23.9 Å². The molecule has 0 spiro atoms. The van der Waals surface area contributed by atoms with Gasteiger partial charge in [0.15, 0.2) is 0 Å². The molecule has 0 aliphatic carbocycles. The van der Waals surface area contributed by atoms with Crippen LogP contribution in [-0.4, -0.2) is 40.7 Å². The van der Waals surface area contributed by atoms with Crippen LogP contribution in [-0.2, 0) is 16.6 Å². The molecule has 0 saturated heterocycles. The van der Waals surface area contributed by atoms with Gasteiger partial charge in [0.1, 0.15) is 41.2 Å². The molecule has 0 radical (unpaired) electrons. The number of nitrogens with zero attached hydrogens (tertiary/aromatic N) is 5. The highest BCUT2D eigenvalue weighted by Crippen LogP contribution is 2.25. The van der Waals surface area contributed by atoms with Crippen molar-refractivity contribution in [3.05, 3.63) is 59.7 Å². The monoisotopic (exact) mass is 455 g/mol. The molecule has 1 aromatic carbocycles. The van der Waals surface area contributed by atoms with E-state index in [2.05, 4.69) is 30.3 Å².